The zero-order valence-electron chi connectivity index (χ0n) is 6.17. The number of hydrogen-bond acceptors (Lipinski definition) is 2. The smallest absolute Gasteiger partial charge is 0.0567 e. The molecule has 1 saturated heterocycles. The first-order valence-electron chi connectivity index (χ1n) is 3.58. The Morgan fingerprint density at radius 3 is 2.67 bits per heavy atom. The normalized spacial score (nSPS) is 39.0. The lowest BCUT2D eigenvalue weighted by Gasteiger charge is -2.32. The highest BCUT2D eigenvalue weighted by atomic mass is 16.3. The largest absolute Gasteiger partial charge is 0.393 e. The van der Waals surface area contributed by atoms with Gasteiger partial charge in [0.1, 0.15) is 0 Å². The number of hydrogen-bond donors (Lipinski definition) is 1. The molecule has 0 aromatic rings. The van der Waals surface area contributed by atoms with Gasteiger partial charge in [-0.3, -0.25) is 0 Å². The van der Waals surface area contributed by atoms with E-state index in [1.165, 1.54) is 0 Å². The van der Waals surface area contributed by atoms with Crippen molar-refractivity contribution in [3.63, 3.8) is 0 Å². The van der Waals surface area contributed by atoms with E-state index in [0.717, 1.165) is 19.4 Å². The van der Waals surface area contributed by atoms with Crippen molar-refractivity contribution in [2.75, 3.05) is 13.6 Å². The third kappa shape index (κ3) is 1.66. The molecule has 0 radical (unpaired) electrons. The summed E-state index contributed by atoms with van der Waals surface area (Å²) in [7, 11) is 2.11. The minimum Gasteiger partial charge on any atom is -0.393 e. The van der Waals surface area contributed by atoms with Crippen LogP contribution < -0.4 is 0 Å². The minimum atomic E-state index is -0.0452. The number of piperidine rings is 1. The molecule has 0 spiro atoms. The molecule has 1 fully saturated rings. The molecular formula is C7H15NO. The lowest BCUT2D eigenvalue weighted by atomic mass is 10.0. The van der Waals surface area contributed by atoms with Crippen LogP contribution >= 0.6 is 0 Å². The second-order valence-electron chi connectivity index (χ2n) is 3.01. The summed E-state index contributed by atoms with van der Waals surface area (Å²) < 4.78 is 0. The number of aliphatic hydroxyl groups excluding tert-OH is 1. The number of rotatable bonds is 0. The van der Waals surface area contributed by atoms with Gasteiger partial charge in [0.15, 0.2) is 0 Å². The van der Waals surface area contributed by atoms with E-state index in [1.54, 1.807) is 0 Å². The Labute approximate surface area is 56.5 Å². The third-order valence-corrected chi connectivity index (χ3v) is 2.18. The monoisotopic (exact) mass is 129 g/mol. The Morgan fingerprint density at radius 2 is 2.22 bits per heavy atom. The van der Waals surface area contributed by atoms with Gasteiger partial charge >= 0.3 is 0 Å². The molecular weight excluding hydrogens is 114 g/mol. The van der Waals surface area contributed by atoms with E-state index in [4.69, 9.17) is 0 Å². The molecule has 54 valence electrons. The van der Waals surface area contributed by atoms with Gasteiger partial charge in [0, 0.05) is 12.6 Å². The predicted molar refractivity (Wildman–Crippen MR) is 37.3 cm³/mol. The van der Waals surface area contributed by atoms with Gasteiger partial charge in [0.25, 0.3) is 0 Å². The van der Waals surface area contributed by atoms with Crippen molar-refractivity contribution >= 4 is 0 Å². The maximum atomic E-state index is 9.17. The zero-order chi connectivity index (χ0) is 6.85. The van der Waals surface area contributed by atoms with E-state index in [1.807, 2.05) is 0 Å². The first-order chi connectivity index (χ1) is 4.20. The Kier molecular flexibility index (Phi) is 2.09. The lowest BCUT2D eigenvalue weighted by molar-refractivity contribution is 0.0624. The molecule has 9 heavy (non-hydrogen) atoms. The van der Waals surface area contributed by atoms with Gasteiger partial charge in [-0.25, -0.2) is 0 Å². The topological polar surface area (TPSA) is 23.5 Å². The molecule has 0 aromatic carbocycles. The van der Waals surface area contributed by atoms with Crippen molar-refractivity contribution in [3.8, 4) is 0 Å². The van der Waals surface area contributed by atoms with Crippen LogP contribution in [0.2, 0.25) is 0 Å². The highest BCUT2D eigenvalue weighted by Gasteiger charge is 2.19. The summed E-state index contributed by atoms with van der Waals surface area (Å²) >= 11 is 0. The molecule has 0 aliphatic carbocycles. The van der Waals surface area contributed by atoms with E-state index in [-0.39, 0.29) is 6.10 Å². The average Bonchev–Trinajstić information content (AvgIpc) is 1.80. The Morgan fingerprint density at radius 1 is 1.56 bits per heavy atom. The molecule has 0 bridgehead atoms. The summed E-state index contributed by atoms with van der Waals surface area (Å²) in [5.74, 6) is 0. The summed E-state index contributed by atoms with van der Waals surface area (Å²) in [6.07, 6.45) is 1.84. The van der Waals surface area contributed by atoms with Gasteiger partial charge in [-0.15, -0.1) is 0 Å². The van der Waals surface area contributed by atoms with E-state index >= 15 is 0 Å². The Balaban J connectivity index is 2.35. The maximum absolute atomic E-state index is 9.17. The SMILES string of the molecule is C[C@@H]1CC(O)CCN1C. The lowest BCUT2D eigenvalue weighted by Crippen LogP contribution is -2.39. The summed E-state index contributed by atoms with van der Waals surface area (Å²) in [5.41, 5.74) is 0. The minimum absolute atomic E-state index is 0.0452. The highest BCUT2D eigenvalue weighted by molar-refractivity contribution is 4.75. The van der Waals surface area contributed by atoms with E-state index < -0.39 is 0 Å². The van der Waals surface area contributed by atoms with Crippen LogP contribution in [0.3, 0.4) is 0 Å². The van der Waals surface area contributed by atoms with Crippen LogP contribution in [0.1, 0.15) is 19.8 Å². The third-order valence-electron chi connectivity index (χ3n) is 2.18. The molecule has 0 saturated carbocycles. The quantitative estimate of drug-likeness (QED) is 0.513. The second kappa shape index (κ2) is 2.67. The number of likely N-dealkylation sites (tertiary alicyclic amines) is 1. The molecule has 1 unspecified atom stereocenters. The summed E-state index contributed by atoms with van der Waals surface area (Å²) in [4.78, 5) is 2.28. The Bertz CT molecular complexity index is 94.9. The first kappa shape index (κ1) is 7.03. The molecule has 1 aliphatic heterocycles. The fraction of sp³-hybridized carbons (Fsp3) is 1.00. The van der Waals surface area contributed by atoms with Crippen LogP contribution in [0.4, 0.5) is 0 Å². The van der Waals surface area contributed by atoms with Gasteiger partial charge in [-0.2, -0.15) is 0 Å². The molecule has 1 heterocycles. The molecule has 1 rings (SSSR count). The molecule has 2 heteroatoms. The van der Waals surface area contributed by atoms with Gasteiger partial charge < -0.3 is 10.0 Å². The zero-order valence-corrected chi connectivity index (χ0v) is 6.17. The van der Waals surface area contributed by atoms with Crippen molar-refractivity contribution in [3.05, 3.63) is 0 Å². The van der Waals surface area contributed by atoms with Crippen LogP contribution in [-0.2, 0) is 0 Å². The number of aliphatic hydroxyl groups is 1. The molecule has 0 amide bonds. The summed E-state index contributed by atoms with van der Waals surface area (Å²) in [6.45, 7) is 3.20. The average molecular weight is 129 g/mol. The van der Waals surface area contributed by atoms with Crippen LogP contribution in [-0.4, -0.2) is 35.7 Å². The maximum Gasteiger partial charge on any atom is 0.0567 e. The van der Waals surface area contributed by atoms with Crippen LogP contribution in [0, 0.1) is 0 Å². The standard InChI is InChI=1S/C7H15NO/c1-6-5-7(9)3-4-8(6)2/h6-7,9H,3-5H2,1-2H3/t6-,7?/m1/s1. The van der Waals surface area contributed by atoms with Crippen LogP contribution in [0.15, 0.2) is 0 Å². The van der Waals surface area contributed by atoms with Crippen molar-refractivity contribution in [1.82, 2.24) is 4.90 Å². The molecule has 0 aromatic heterocycles. The summed E-state index contributed by atoms with van der Waals surface area (Å²) in [6, 6.07) is 0.564. The van der Waals surface area contributed by atoms with Crippen LogP contribution in [0.25, 0.3) is 0 Å². The second-order valence-corrected chi connectivity index (χ2v) is 3.01. The van der Waals surface area contributed by atoms with Gasteiger partial charge in [0.2, 0.25) is 0 Å². The van der Waals surface area contributed by atoms with Gasteiger partial charge in [0.05, 0.1) is 6.10 Å². The fourth-order valence-corrected chi connectivity index (χ4v) is 1.26. The van der Waals surface area contributed by atoms with Crippen molar-refractivity contribution in [2.45, 2.75) is 31.9 Å². The molecule has 2 atom stereocenters. The van der Waals surface area contributed by atoms with Gasteiger partial charge in [-0.05, 0) is 26.8 Å². The van der Waals surface area contributed by atoms with Crippen molar-refractivity contribution in [1.29, 1.82) is 0 Å². The molecule has 2 nitrogen and oxygen atoms in total. The van der Waals surface area contributed by atoms with E-state index in [2.05, 4.69) is 18.9 Å². The van der Waals surface area contributed by atoms with E-state index in [0.29, 0.717) is 6.04 Å². The highest BCUT2D eigenvalue weighted by Crippen LogP contribution is 2.14. The fourth-order valence-electron chi connectivity index (χ4n) is 1.26. The number of nitrogens with zero attached hydrogens (tertiary/aromatic N) is 1. The first-order valence-corrected chi connectivity index (χ1v) is 3.58. The van der Waals surface area contributed by atoms with Crippen molar-refractivity contribution in [2.24, 2.45) is 0 Å². The Hall–Kier alpha value is -0.0800. The summed E-state index contributed by atoms with van der Waals surface area (Å²) in [5, 5.41) is 9.17. The van der Waals surface area contributed by atoms with E-state index in [9.17, 15) is 5.11 Å². The van der Waals surface area contributed by atoms with Gasteiger partial charge in [-0.1, -0.05) is 0 Å². The molecule has 1 N–H and O–H groups in total. The van der Waals surface area contributed by atoms with Crippen LogP contribution in [0.5, 0.6) is 0 Å². The molecule has 1 aliphatic rings. The van der Waals surface area contributed by atoms with Crippen molar-refractivity contribution < 1.29 is 5.11 Å². The predicted octanol–water partition coefficient (Wildman–Crippen LogP) is 0.461.